The molecule has 5 nitrogen and oxygen atoms in total. The molecule has 0 amide bonds. The predicted octanol–water partition coefficient (Wildman–Crippen LogP) is 4.02. The maximum atomic E-state index is 12.0. The molecule has 0 aliphatic rings. The summed E-state index contributed by atoms with van der Waals surface area (Å²) in [5.41, 5.74) is -0.431. The molecule has 0 aliphatic heterocycles. The molecule has 0 atom stereocenters. The van der Waals surface area contributed by atoms with Gasteiger partial charge in [0.2, 0.25) is 5.75 Å². The minimum Gasteiger partial charge on any atom is -0.504 e. The first-order valence-electron chi connectivity index (χ1n) is 7.77. The third-order valence-corrected chi connectivity index (χ3v) is 3.12. The molecule has 1 aromatic carbocycles. The monoisotopic (exact) mass is 318 g/mol. The van der Waals surface area contributed by atoms with E-state index in [1.54, 1.807) is 18.2 Å². The lowest BCUT2D eigenvalue weighted by Gasteiger charge is -2.11. The van der Waals surface area contributed by atoms with E-state index in [2.05, 4.69) is 0 Å². The SMILES string of the molecule is CCC=CCCOc1c(O)c2ccc(OC(C)C)cc2oc1=O. The van der Waals surface area contributed by atoms with E-state index in [4.69, 9.17) is 13.9 Å². The number of ether oxygens (including phenoxy) is 2. The average Bonchev–Trinajstić information content (AvgIpc) is 2.49. The second-order valence-electron chi connectivity index (χ2n) is 5.41. The third kappa shape index (κ3) is 4.28. The molecule has 2 rings (SSSR count). The zero-order valence-electron chi connectivity index (χ0n) is 13.7. The molecular weight excluding hydrogens is 296 g/mol. The van der Waals surface area contributed by atoms with Crippen LogP contribution in [0.1, 0.15) is 33.6 Å². The Morgan fingerprint density at radius 3 is 2.78 bits per heavy atom. The highest BCUT2D eigenvalue weighted by Crippen LogP contribution is 2.33. The summed E-state index contributed by atoms with van der Waals surface area (Å²) >= 11 is 0. The van der Waals surface area contributed by atoms with E-state index in [-0.39, 0.29) is 23.2 Å². The minimum atomic E-state index is -0.698. The van der Waals surface area contributed by atoms with E-state index in [1.807, 2.05) is 32.9 Å². The van der Waals surface area contributed by atoms with Gasteiger partial charge in [0.25, 0.3) is 0 Å². The summed E-state index contributed by atoms with van der Waals surface area (Å²) in [6, 6.07) is 4.95. The lowest BCUT2D eigenvalue weighted by Crippen LogP contribution is -2.09. The molecular formula is C18H22O5. The van der Waals surface area contributed by atoms with Crippen LogP contribution in [0.2, 0.25) is 0 Å². The highest BCUT2D eigenvalue weighted by atomic mass is 16.5. The van der Waals surface area contributed by atoms with E-state index in [1.165, 1.54) is 0 Å². The first kappa shape index (κ1) is 16.9. The van der Waals surface area contributed by atoms with Gasteiger partial charge in [-0.05, 0) is 38.8 Å². The highest BCUT2D eigenvalue weighted by molar-refractivity contribution is 5.86. The Morgan fingerprint density at radius 1 is 1.30 bits per heavy atom. The molecule has 0 saturated heterocycles. The van der Waals surface area contributed by atoms with E-state index in [0.717, 1.165) is 6.42 Å². The van der Waals surface area contributed by atoms with E-state index in [0.29, 0.717) is 24.2 Å². The predicted molar refractivity (Wildman–Crippen MR) is 89.5 cm³/mol. The van der Waals surface area contributed by atoms with Gasteiger partial charge < -0.3 is 19.0 Å². The molecule has 1 heterocycles. The molecule has 0 aliphatic carbocycles. The van der Waals surface area contributed by atoms with Crippen molar-refractivity contribution in [2.24, 2.45) is 0 Å². The van der Waals surface area contributed by atoms with Crippen LogP contribution in [0.4, 0.5) is 0 Å². The molecule has 0 spiro atoms. The molecule has 2 aromatic rings. The molecule has 1 N–H and O–H groups in total. The largest absolute Gasteiger partial charge is 0.504 e. The van der Waals surface area contributed by atoms with Gasteiger partial charge in [-0.15, -0.1) is 0 Å². The summed E-state index contributed by atoms with van der Waals surface area (Å²) in [7, 11) is 0. The van der Waals surface area contributed by atoms with Crippen molar-refractivity contribution >= 4 is 11.0 Å². The summed E-state index contributed by atoms with van der Waals surface area (Å²) in [5.74, 6) is 0.222. The van der Waals surface area contributed by atoms with Gasteiger partial charge in [-0.1, -0.05) is 19.1 Å². The number of rotatable bonds is 7. The van der Waals surface area contributed by atoms with Crippen LogP contribution in [-0.4, -0.2) is 17.8 Å². The molecule has 0 radical (unpaired) electrons. The summed E-state index contributed by atoms with van der Waals surface area (Å²) < 4.78 is 16.2. The van der Waals surface area contributed by atoms with Crippen molar-refractivity contribution in [3.05, 3.63) is 40.8 Å². The van der Waals surface area contributed by atoms with Gasteiger partial charge in [-0.3, -0.25) is 0 Å². The molecule has 0 fully saturated rings. The van der Waals surface area contributed by atoms with Crippen LogP contribution >= 0.6 is 0 Å². The van der Waals surface area contributed by atoms with Crippen molar-refractivity contribution in [1.29, 1.82) is 0 Å². The molecule has 124 valence electrons. The van der Waals surface area contributed by atoms with Gasteiger partial charge in [0, 0.05) is 6.07 Å². The van der Waals surface area contributed by atoms with Crippen LogP contribution in [0.15, 0.2) is 39.6 Å². The van der Waals surface area contributed by atoms with Gasteiger partial charge >= 0.3 is 5.63 Å². The van der Waals surface area contributed by atoms with Gasteiger partial charge in [0.15, 0.2) is 5.75 Å². The number of hydrogen-bond acceptors (Lipinski definition) is 5. The fourth-order valence-corrected chi connectivity index (χ4v) is 2.13. The number of hydrogen-bond donors (Lipinski definition) is 1. The topological polar surface area (TPSA) is 68.9 Å². The summed E-state index contributed by atoms with van der Waals surface area (Å²) in [6.07, 6.45) is 5.60. The maximum absolute atomic E-state index is 12.0. The minimum absolute atomic E-state index is 0.00607. The van der Waals surface area contributed by atoms with E-state index in [9.17, 15) is 9.90 Å². The van der Waals surface area contributed by atoms with Crippen LogP contribution in [0.3, 0.4) is 0 Å². The number of fused-ring (bicyclic) bond motifs is 1. The Morgan fingerprint density at radius 2 is 2.09 bits per heavy atom. The Kier molecular flexibility index (Phi) is 5.68. The number of allylic oxidation sites excluding steroid dienone is 1. The van der Waals surface area contributed by atoms with Crippen LogP contribution < -0.4 is 15.1 Å². The second kappa shape index (κ2) is 7.72. The maximum Gasteiger partial charge on any atom is 0.383 e. The van der Waals surface area contributed by atoms with Crippen molar-refractivity contribution in [3.63, 3.8) is 0 Å². The fraction of sp³-hybridized carbons (Fsp3) is 0.389. The fourth-order valence-electron chi connectivity index (χ4n) is 2.13. The van der Waals surface area contributed by atoms with Gasteiger partial charge in [-0.2, -0.15) is 0 Å². The lowest BCUT2D eigenvalue weighted by atomic mass is 10.2. The zero-order chi connectivity index (χ0) is 16.8. The molecule has 0 unspecified atom stereocenters. The van der Waals surface area contributed by atoms with Crippen LogP contribution in [0.25, 0.3) is 11.0 Å². The lowest BCUT2D eigenvalue weighted by molar-refractivity contribution is 0.242. The van der Waals surface area contributed by atoms with Crippen molar-refractivity contribution in [1.82, 2.24) is 0 Å². The second-order valence-corrected chi connectivity index (χ2v) is 5.41. The third-order valence-electron chi connectivity index (χ3n) is 3.12. The molecule has 5 heteroatoms. The number of aromatic hydroxyl groups is 1. The first-order chi connectivity index (χ1) is 11.0. The highest BCUT2D eigenvalue weighted by Gasteiger charge is 2.16. The zero-order valence-corrected chi connectivity index (χ0v) is 13.7. The summed E-state index contributed by atoms with van der Waals surface area (Å²) in [5, 5.41) is 10.7. The Labute approximate surface area is 135 Å². The molecule has 23 heavy (non-hydrogen) atoms. The van der Waals surface area contributed by atoms with Crippen molar-refractivity contribution < 1.29 is 19.0 Å². The quantitative estimate of drug-likeness (QED) is 0.474. The van der Waals surface area contributed by atoms with Gasteiger partial charge in [-0.25, -0.2) is 4.79 Å². The summed E-state index contributed by atoms with van der Waals surface area (Å²) in [6.45, 7) is 6.15. The number of benzene rings is 1. The normalized spacial score (nSPS) is 11.5. The van der Waals surface area contributed by atoms with Crippen LogP contribution in [-0.2, 0) is 0 Å². The Balaban J connectivity index is 2.26. The van der Waals surface area contributed by atoms with Crippen molar-refractivity contribution in [2.75, 3.05) is 6.61 Å². The van der Waals surface area contributed by atoms with E-state index < -0.39 is 5.63 Å². The molecule has 1 aromatic heterocycles. The molecule has 0 bridgehead atoms. The first-order valence-corrected chi connectivity index (χ1v) is 7.77. The van der Waals surface area contributed by atoms with Crippen LogP contribution in [0.5, 0.6) is 17.2 Å². The van der Waals surface area contributed by atoms with Gasteiger partial charge in [0.1, 0.15) is 11.3 Å². The summed E-state index contributed by atoms with van der Waals surface area (Å²) in [4.78, 5) is 12.0. The van der Waals surface area contributed by atoms with E-state index >= 15 is 0 Å². The molecule has 0 saturated carbocycles. The van der Waals surface area contributed by atoms with Crippen LogP contribution in [0, 0.1) is 0 Å². The Bertz CT molecular complexity index is 743. The average molecular weight is 318 g/mol. The van der Waals surface area contributed by atoms with Crippen molar-refractivity contribution in [3.8, 4) is 17.2 Å². The standard InChI is InChI=1S/C18H22O5/c1-4-5-6-7-10-21-17-16(19)14-9-8-13(22-12(2)3)11-15(14)23-18(17)20/h5-6,8-9,11-12,19H,4,7,10H2,1-3H3. The van der Waals surface area contributed by atoms with Crippen molar-refractivity contribution in [2.45, 2.75) is 39.7 Å². The Hall–Kier alpha value is -2.43. The smallest absolute Gasteiger partial charge is 0.383 e. The van der Waals surface area contributed by atoms with Gasteiger partial charge in [0.05, 0.1) is 18.1 Å².